The summed E-state index contributed by atoms with van der Waals surface area (Å²) in [7, 11) is 0. The lowest BCUT2D eigenvalue weighted by atomic mass is 9.99. The molecule has 240 valence electrons. The molecule has 0 atom stereocenters. The number of nitrogens with zero attached hydrogens (tertiary/aromatic N) is 4. The van der Waals surface area contributed by atoms with Crippen LogP contribution < -0.4 is 10.6 Å². The van der Waals surface area contributed by atoms with E-state index < -0.39 is 0 Å². The van der Waals surface area contributed by atoms with Crippen LogP contribution in [0.1, 0.15) is 25.0 Å². The Labute approximate surface area is 291 Å². The molecule has 8 aromatic rings. The summed E-state index contributed by atoms with van der Waals surface area (Å²) >= 11 is 0. The van der Waals surface area contributed by atoms with E-state index in [0.717, 1.165) is 82.6 Å². The van der Waals surface area contributed by atoms with Gasteiger partial charge >= 0.3 is 0 Å². The summed E-state index contributed by atoms with van der Waals surface area (Å²) in [5.41, 5.74) is 10.3. The molecule has 0 aliphatic heterocycles. The molecular weight excluding hydrogens is 609 g/mol. The van der Waals surface area contributed by atoms with E-state index in [1.54, 1.807) is 0 Å². The van der Waals surface area contributed by atoms with Gasteiger partial charge < -0.3 is 9.13 Å². The maximum absolute atomic E-state index is 5.25. The molecule has 5 aromatic carbocycles. The van der Waals surface area contributed by atoms with Gasteiger partial charge in [-0.2, -0.15) is 0 Å². The Morgan fingerprint density at radius 1 is 0.660 bits per heavy atom. The fraction of sp³-hybridized carbons (Fsp3) is 0.0435. The molecule has 0 aliphatic carbocycles. The van der Waals surface area contributed by atoms with Gasteiger partial charge in [-0.05, 0) is 73.5 Å². The van der Waals surface area contributed by atoms with Gasteiger partial charge in [-0.15, -0.1) is 0 Å². The van der Waals surface area contributed by atoms with Crippen LogP contribution in [0.2, 0.25) is 0 Å². The standard InChI is InChI=1S/C46H36N4/c1-5-8-22-42-31(4)39-26-25-34-27-28-49(37-17-10-9-11-18-37)44(34)45(39)50(42)38-19-14-16-36(30-38)46-47-41-21-13-12-20-40(41)43(48-46)35-24-23-33(15-6-2)32(7-3)29-35/h5-30H,3-4H2,1-2H3/b8-5-,15-6-,42-22+. The minimum absolute atomic E-state index is 0.668. The van der Waals surface area contributed by atoms with Gasteiger partial charge in [0.1, 0.15) is 0 Å². The molecule has 0 bridgehead atoms. The first-order valence-corrected chi connectivity index (χ1v) is 16.9. The van der Waals surface area contributed by atoms with E-state index in [1.165, 1.54) is 0 Å². The van der Waals surface area contributed by atoms with Crippen molar-refractivity contribution in [2.45, 2.75) is 13.8 Å². The van der Waals surface area contributed by atoms with Gasteiger partial charge in [0, 0.05) is 50.1 Å². The molecule has 4 heteroatoms. The number of para-hydroxylation sites is 2. The van der Waals surface area contributed by atoms with E-state index in [4.69, 9.17) is 9.97 Å². The molecule has 0 unspecified atom stereocenters. The number of aromatic nitrogens is 4. The van der Waals surface area contributed by atoms with Gasteiger partial charge in [0.05, 0.1) is 27.6 Å². The van der Waals surface area contributed by atoms with E-state index in [2.05, 4.69) is 150 Å². The van der Waals surface area contributed by atoms with Crippen LogP contribution in [0, 0.1) is 0 Å². The molecule has 0 amide bonds. The summed E-state index contributed by atoms with van der Waals surface area (Å²) in [4.78, 5) is 10.4. The van der Waals surface area contributed by atoms with Crippen LogP contribution in [0.5, 0.6) is 0 Å². The molecular formula is C46H36N4. The van der Waals surface area contributed by atoms with Crippen molar-refractivity contribution < 1.29 is 0 Å². The van der Waals surface area contributed by atoms with E-state index in [-0.39, 0.29) is 0 Å². The van der Waals surface area contributed by atoms with Crippen molar-refractivity contribution in [3.8, 4) is 34.0 Å². The third kappa shape index (κ3) is 5.19. The summed E-state index contributed by atoms with van der Waals surface area (Å²) < 4.78 is 4.61. The second-order valence-electron chi connectivity index (χ2n) is 12.3. The van der Waals surface area contributed by atoms with Gasteiger partial charge in [-0.25, -0.2) is 9.97 Å². The van der Waals surface area contributed by atoms with Gasteiger partial charge in [0.15, 0.2) is 5.82 Å². The highest BCUT2D eigenvalue weighted by molar-refractivity contribution is 6.06. The van der Waals surface area contributed by atoms with Crippen LogP contribution in [0.25, 0.3) is 91.5 Å². The Balaban J connectivity index is 1.38. The topological polar surface area (TPSA) is 35.6 Å². The Hall–Kier alpha value is -6.52. The number of rotatable bonds is 7. The molecule has 3 heterocycles. The van der Waals surface area contributed by atoms with Crippen LogP contribution in [-0.4, -0.2) is 19.1 Å². The van der Waals surface area contributed by atoms with Gasteiger partial charge in [0.2, 0.25) is 0 Å². The Bertz CT molecular complexity index is 2760. The maximum atomic E-state index is 5.25. The summed E-state index contributed by atoms with van der Waals surface area (Å²) in [5.74, 6) is 0.668. The smallest absolute Gasteiger partial charge is 0.160 e. The van der Waals surface area contributed by atoms with E-state index in [1.807, 2.05) is 44.2 Å². The highest BCUT2D eigenvalue weighted by atomic mass is 15.0. The highest BCUT2D eigenvalue weighted by Crippen LogP contribution is 2.33. The molecule has 0 saturated carbocycles. The zero-order valence-corrected chi connectivity index (χ0v) is 28.2. The van der Waals surface area contributed by atoms with Crippen molar-refractivity contribution in [2.24, 2.45) is 0 Å². The minimum Gasteiger partial charge on any atom is -0.315 e. The minimum atomic E-state index is 0.668. The average Bonchev–Trinajstić information content (AvgIpc) is 3.72. The average molecular weight is 645 g/mol. The van der Waals surface area contributed by atoms with Crippen molar-refractivity contribution in [1.82, 2.24) is 19.1 Å². The Morgan fingerprint density at radius 3 is 2.30 bits per heavy atom. The number of allylic oxidation sites excluding steroid dienone is 3. The third-order valence-electron chi connectivity index (χ3n) is 9.30. The van der Waals surface area contributed by atoms with Gasteiger partial charge in [-0.1, -0.05) is 116 Å². The quantitative estimate of drug-likeness (QED) is 0.173. The summed E-state index contributed by atoms with van der Waals surface area (Å²) in [5, 5.41) is 5.29. The van der Waals surface area contributed by atoms with Crippen molar-refractivity contribution >= 4 is 57.5 Å². The Kier molecular flexibility index (Phi) is 7.90. The first-order chi connectivity index (χ1) is 24.6. The summed E-state index contributed by atoms with van der Waals surface area (Å²) in [6, 6.07) is 40.2. The lowest BCUT2D eigenvalue weighted by Gasteiger charge is -2.14. The maximum Gasteiger partial charge on any atom is 0.160 e. The van der Waals surface area contributed by atoms with Crippen molar-refractivity contribution in [3.05, 3.63) is 168 Å². The zero-order valence-electron chi connectivity index (χ0n) is 28.2. The second kappa shape index (κ2) is 12.8. The molecule has 0 fully saturated rings. The van der Waals surface area contributed by atoms with Gasteiger partial charge in [0.25, 0.3) is 0 Å². The predicted octanol–water partition coefficient (Wildman–Crippen LogP) is 10.3. The van der Waals surface area contributed by atoms with Crippen molar-refractivity contribution in [2.75, 3.05) is 0 Å². The fourth-order valence-electron chi connectivity index (χ4n) is 6.95. The first-order valence-electron chi connectivity index (χ1n) is 16.9. The molecule has 0 spiro atoms. The van der Waals surface area contributed by atoms with Crippen LogP contribution >= 0.6 is 0 Å². The molecule has 3 aromatic heterocycles. The van der Waals surface area contributed by atoms with E-state index >= 15 is 0 Å². The monoisotopic (exact) mass is 644 g/mol. The molecule has 0 N–H and O–H groups in total. The number of hydrogen-bond acceptors (Lipinski definition) is 2. The fourth-order valence-corrected chi connectivity index (χ4v) is 6.95. The first kappa shape index (κ1) is 30.8. The van der Waals surface area contributed by atoms with Crippen LogP contribution in [0.4, 0.5) is 0 Å². The number of fused-ring (bicyclic) bond motifs is 4. The van der Waals surface area contributed by atoms with E-state index in [9.17, 15) is 0 Å². The normalized spacial score (nSPS) is 12.3. The molecule has 0 aliphatic rings. The molecule has 50 heavy (non-hydrogen) atoms. The molecule has 0 radical (unpaired) electrons. The molecule has 4 nitrogen and oxygen atoms in total. The largest absolute Gasteiger partial charge is 0.315 e. The predicted molar refractivity (Wildman–Crippen MR) is 213 cm³/mol. The van der Waals surface area contributed by atoms with Crippen LogP contribution in [0.3, 0.4) is 0 Å². The van der Waals surface area contributed by atoms with Crippen molar-refractivity contribution in [3.63, 3.8) is 0 Å². The number of benzene rings is 5. The second-order valence-corrected chi connectivity index (χ2v) is 12.3. The SMILES string of the molecule is C=Cc1cc(-c2nc(-c3cccc(-n4/c(=C/C=C\C)c(=C)c5ccc6ccn(-c7ccccc7)c6c54)c3)nc3ccccc23)ccc1/C=C\C. The Morgan fingerprint density at radius 2 is 1.48 bits per heavy atom. The lowest BCUT2D eigenvalue weighted by molar-refractivity contribution is 1.06. The van der Waals surface area contributed by atoms with Gasteiger partial charge in [-0.3, -0.25) is 0 Å². The van der Waals surface area contributed by atoms with Crippen LogP contribution in [-0.2, 0) is 0 Å². The summed E-state index contributed by atoms with van der Waals surface area (Å²) in [6.45, 7) is 12.7. The molecule has 8 rings (SSSR count). The van der Waals surface area contributed by atoms with Crippen LogP contribution in [0.15, 0.2) is 146 Å². The lowest BCUT2D eigenvalue weighted by Crippen LogP contribution is -2.27. The molecule has 0 saturated heterocycles. The summed E-state index contributed by atoms with van der Waals surface area (Å²) in [6.07, 6.45) is 14.5. The third-order valence-corrected chi connectivity index (χ3v) is 9.30. The highest BCUT2D eigenvalue weighted by Gasteiger charge is 2.18. The number of hydrogen-bond donors (Lipinski definition) is 0. The zero-order chi connectivity index (χ0) is 34.2. The van der Waals surface area contributed by atoms with E-state index in [0.29, 0.717) is 5.82 Å². The van der Waals surface area contributed by atoms with Crippen molar-refractivity contribution in [1.29, 1.82) is 0 Å².